The van der Waals surface area contributed by atoms with Crippen LogP contribution in [0.25, 0.3) is 0 Å². The normalized spacial score (nSPS) is 24.7. The molecule has 1 aromatic carbocycles. The highest BCUT2D eigenvalue weighted by Crippen LogP contribution is 2.23. The number of carbonyl (C=O) groups is 1. The van der Waals surface area contributed by atoms with Gasteiger partial charge in [-0.2, -0.15) is 0 Å². The quantitative estimate of drug-likeness (QED) is 0.821. The standard InChI is InChI=1S/C20H31N3O2/c1-21(17-7-3-2-4-8-17)20(25)11-14-22-12-5-9-18(22)15-23-13-6-10-19(23)16-24/h2-4,7-8,18-19,24H,5-6,9-16H2,1H3. The predicted molar refractivity (Wildman–Crippen MR) is 101 cm³/mol. The molecule has 25 heavy (non-hydrogen) atoms. The van der Waals surface area contributed by atoms with Gasteiger partial charge in [0.1, 0.15) is 0 Å². The van der Waals surface area contributed by atoms with E-state index in [0.29, 0.717) is 18.5 Å². The third-order valence-corrected chi connectivity index (χ3v) is 5.78. The third-order valence-electron chi connectivity index (χ3n) is 5.78. The van der Waals surface area contributed by atoms with Crippen molar-refractivity contribution in [3.8, 4) is 0 Å². The van der Waals surface area contributed by atoms with E-state index in [1.807, 2.05) is 37.4 Å². The van der Waals surface area contributed by atoms with Crippen LogP contribution in [0.4, 0.5) is 5.69 Å². The highest BCUT2D eigenvalue weighted by atomic mass is 16.3. The van der Waals surface area contributed by atoms with Gasteiger partial charge in [-0.1, -0.05) is 18.2 Å². The topological polar surface area (TPSA) is 47.0 Å². The number of hydrogen-bond acceptors (Lipinski definition) is 4. The van der Waals surface area contributed by atoms with E-state index in [9.17, 15) is 9.90 Å². The maximum Gasteiger partial charge on any atom is 0.228 e. The monoisotopic (exact) mass is 345 g/mol. The van der Waals surface area contributed by atoms with Crippen molar-refractivity contribution in [1.29, 1.82) is 0 Å². The molecule has 0 aliphatic carbocycles. The van der Waals surface area contributed by atoms with E-state index in [0.717, 1.165) is 38.3 Å². The summed E-state index contributed by atoms with van der Waals surface area (Å²) < 4.78 is 0. The smallest absolute Gasteiger partial charge is 0.228 e. The number of benzene rings is 1. The number of para-hydroxylation sites is 1. The molecule has 2 aliphatic rings. The third kappa shape index (κ3) is 4.60. The Bertz CT molecular complexity index is 551. The lowest BCUT2D eigenvalue weighted by molar-refractivity contribution is -0.118. The van der Waals surface area contributed by atoms with Crippen molar-refractivity contribution in [3.05, 3.63) is 30.3 Å². The van der Waals surface area contributed by atoms with E-state index in [1.54, 1.807) is 4.90 Å². The molecule has 2 fully saturated rings. The summed E-state index contributed by atoms with van der Waals surface area (Å²) in [5.41, 5.74) is 0.952. The molecule has 0 radical (unpaired) electrons. The number of carbonyl (C=O) groups excluding carboxylic acids is 1. The largest absolute Gasteiger partial charge is 0.395 e. The molecular formula is C20H31N3O2. The van der Waals surface area contributed by atoms with Crippen LogP contribution >= 0.6 is 0 Å². The highest BCUT2D eigenvalue weighted by Gasteiger charge is 2.31. The second-order valence-electron chi connectivity index (χ2n) is 7.34. The molecule has 0 bridgehead atoms. The molecule has 2 aliphatic heterocycles. The number of hydrogen-bond donors (Lipinski definition) is 1. The summed E-state index contributed by atoms with van der Waals surface area (Å²) in [7, 11) is 1.86. The lowest BCUT2D eigenvalue weighted by Crippen LogP contribution is -2.44. The SMILES string of the molecule is CN(C(=O)CCN1CCCC1CN1CCCC1CO)c1ccccc1. The summed E-state index contributed by atoms with van der Waals surface area (Å²) >= 11 is 0. The molecule has 138 valence electrons. The molecule has 3 rings (SSSR count). The average molecular weight is 345 g/mol. The molecule has 1 N–H and O–H groups in total. The van der Waals surface area contributed by atoms with Gasteiger partial charge < -0.3 is 10.0 Å². The minimum Gasteiger partial charge on any atom is -0.395 e. The summed E-state index contributed by atoms with van der Waals surface area (Å²) in [6.07, 6.45) is 5.29. The number of aliphatic hydroxyl groups is 1. The van der Waals surface area contributed by atoms with Gasteiger partial charge in [-0.25, -0.2) is 0 Å². The Morgan fingerprint density at radius 3 is 2.52 bits per heavy atom. The fourth-order valence-electron chi connectivity index (χ4n) is 4.21. The first kappa shape index (κ1) is 18.4. The average Bonchev–Trinajstić information content (AvgIpc) is 3.29. The molecule has 5 nitrogen and oxygen atoms in total. The first-order valence-electron chi connectivity index (χ1n) is 9.59. The van der Waals surface area contributed by atoms with E-state index < -0.39 is 0 Å². The fraction of sp³-hybridized carbons (Fsp3) is 0.650. The number of aliphatic hydroxyl groups excluding tert-OH is 1. The molecule has 2 saturated heterocycles. The molecule has 2 unspecified atom stereocenters. The molecule has 1 aromatic rings. The van der Waals surface area contributed by atoms with Crippen molar-refractivity contribution in [3.63, 3.8) is 0 Å². The molecule has 2 heterocycles. The zero-order valence-corrected chi connectivity index (χ0v) is 15.3. The van der Waals surface area contributed by atoms with Crippen molar-refractivity contribution < 1.29 is 9.90 Å². The maximum absolute atomic E-state index is 12.5. The molecule has 1 amide bonds. The van der Waals surface area contributed by atoms with Crippen molar-refractivity contribution >= 4 is 11.6 Å². The summed E-state index contributed by atoms with van der Waals surface area (Å²) in [5.74, 6) is 0.172. The minimum atomic E-state index is 0.172. The Hall–Kier alpha value is -1.43. The number of amides is 1. The number of rotatable bonds is 7. The van der Waals surface area contributed by atoms with Crippen LogP contribution in [-0.4, -0.2) is 72.7 Å². The predicted octanol–water partition coefficient (Wildman–Crippen LogP) is 1.96. The van der Waals surface area contributed by atoms with Crippen LogP contribution in [0.5, 0.6) is 0 Å². The zero-order chi connectivity index (χ0) is 17.6. The fourth-order valence-corrected chi connectivity index (χ4v) is 4.21. The van der Waals surface area contributed by atoms with Crippen LogP contribution in [0.3, 0.4) is 0 Å². The van der Waals surface area contributed by atoms with Gasteiger partial charge in [0.2, 0.25) is 5.91 Å². The van der Waals surface area contributed by atoms with Gasteiger partial charge in [-0.3, -0.25) is 14.6 Å². The summed E-state index contributed by atoms with van der Waals surface area (Å²) in [6.45, 7) is 4.33. The summed E-state index contributed by atoms with van der Waals surface area (Å²) in [4.78, 5) is 19.2. The molecule has 2 atom stereocenters. The Morgan fingerprint density at radius 2 is 1.80 bits per heavy atom. The molecule has 0 spiro atoms. The zero-order valence-electron chi connectivity index (χ0n) is 15.3. The van der Waals surface area contributed by atoms with Crippen molar-refractivity contribution in [1.82, 2.24) is 9.80 Å². The van der Waals surface area contributed by atoms with Crippen LogP contribution in [0.15, 0.2) is 30.3 Å². The lowest BCUT2D eigenvalue weighted by atomic mass is 10.1. The number of anilines is 1. The number of likely N-dealkylation sites (tertiary alicyclic amines) is 2. The van der Waals surface area contributed by atoms with E-state index in [-0.39, 0.29) is 12.5 Å². The van der Waals surface area contributed by atoms with Crippen LogP contribution in [-0.2, 0) is 4.79 Å². The second-order valence-corrected chi connectivity index (χ2v) is 7.34. The van der Waals surface area contributed by atoms with Crippen LogP contribution in [0.1, 0.15) is 32.1 Å². The van der Waals surface area contributed by atoms with Gasteiger partial charge >= 0.3 is 0 Å². The minimum absolute atomic E-state index is 0.172. The summed E-state index contributed by atoms with van der Waals surface area (Å²) in [5, 5.41) is 9.52. The molecule has 0 aromatic heterocycles. The van der Waals surface area contributed by atoms with E-state index in [2.05, 4.69) is 9.80 Å². The van der Waals surface area contributed by atoms with Gasteiger partial charge in [0, 0.05) is 44.3 Å². The van der Waals surface area contributed by atoms with Crippen LogP contribution in [0.2, 0.25) is 0 Å². The maximum atomic E-state index is 12.5. The number of nitrogens with zero attached hydrogens (tertiary/aromatic N) is 3. The molecule has 5 heteroatoms. The van der Waals surface area contributed by atoms with Gasteiger partial charge in [0.15, 0.2) is 0 Å². The Labute approximate surface area is 151 Å². The summed E-state index contributed by atoms with van der Waals surface area (Å²) in [6, 6.07) is 10.7. The Balaban J connectivity index is 1.49. The Kier molecular flexibility index (Phi) is 6.45. The first-order valence-corrected chi connectivity index (χ1v) is 9.59. The van der Waals surface area contributed by atoms with Crippen molar-refractivity contribution in [2.75, 3.05) is 44.7 Å². The highest BCUT2D eigenvalue weighted by molar-refractivity contribution is 5.92. The van der Waals surface area contributed by atoms with Gasteiger partial charge in [0.05, 0.1) is 6.61 Å². The van der Waals surface area contributed by atoms with E-state index in [4.69, 9.17) is 0 Å². The Morgan fingerprint density at radius 1 is 1.12 bits per heavy atom. The van der Waals surface area contributed by atoms with Crippen LogP contribution < -0.4 is 4.90 Å². The van der Waals surface area contributed by atoms with Crippen molar-refractivity contribution in [2.45, 2.75) is 44.2 Å². The van der Waals surface area contributed by atoms with E-state index in [1.165, 1.54) is 19.3 Å². The van der Waals surface area contributed by atoms with Gasteiger partial charge in [-0.05, 0) is 50.9 Å². The first-order chi connectivity index (χ1) is 12.2. The second kappa shape index (κ2) is 8.79. The van der Waals surface area contributed by atoms with E-state index >= 15 is 0 Å². The van der Waals surface area contributed by atoms with Crippen LogP contribution in [0, 0.1) is 0 Å². The van der Waals surface area contributed by atoms with Gasteiger partial charge in [-0.15, -0.1) is 0 Å². The molecule has 0 saturated carbocycles. The van der Waals surface area contributed by atoms with Crippen molar-refractivity contribution in [2.24, 2.45) is 0 Å². The molecular weight excluding hydrogens is 314 g/mol. The lowest BCUT2D eigenvalue weighted by Gasteiger charge is -2.31. The van der Waals surface area contributed by atoms with Gasteiger partial charge in [0.25, 0.3) is 0 Å².